The summed E-state index contributed by atoms with van der Waals surface area (Å²) in [6, 6.07) is 12.6. The maximum absolute atomic E-state index is 11.3. The van der Waals surface area contributed by atoms with Crippen LogP contribution in [0.1, 0.15) is 43.7 Å². The molecule has 0 spiro atoms. The first-order chi connectivity index (χ1) is 12.0. The molecule has 2 aromatic carbocycles. The number of aryl methyl sites for hydroxylation is 2. The molecule has 0 bridgehead atoms. The summed E-state index contributed by atoms with van der Waals surface area (Å²) in [5, 5.41) is 22.5. The van der Waals surface area contributed by atoms with Gasteiger partial charge in [-0.05, 0) is 61.4 Å². The maximum Gasteiger partial charge on any atom is 0.308 e. The summed E-state index contributed by atoms with van der Waals surface area (Å²) < 4.78 is 4.81. The minimum atomic E-state index is -0.853. The molecule has 0 aliphatic carbocycles. The van der Waals surface area contributed by atoms with Gasteiger partial charge in [0.25, 0.3) is 0 Å². The third-order valence-electron chi connectivity index (χ3n) is 4.49. The molecule has 0 heterocycles. The van der Waals surface area contributed by atoms with Crippen molar-refractivity contribution >= 4 is 16.7 Å². The molecular weight excluding hydrogens is 316 g/mol. The number of carbonyl (C=O) groups is 1. The Bertz CT molecular complexity index is 695. The summed E-state index contributed by atoms with van der Waals surface area (Å²) >= 11 is 0. The first kappa shape index (κ1) is 19.4. The van der Waals surface area contributed by atoms with Gasteiger partial charge in [0.2, 0.25) is 0 Å². The van der Waals surface area contributed by atoms with Crippen molar-refractivity contribution in [1.82, 2.24) is 0 Å². The number of hydrogen-bond acceptors (Lipinski definition) is 4. The Labute approximate surface area is 149 Å². The Hall–Kier alpha value is -1.91. The van der Waals surface area contributed by atoms with Gasteiger partial charge in [-0.1, -0.05) is 36.4 Å². The number of esters is 1. The zero-order chi connectivity index (χ0) is 18.2. The molecule has 2 aromatic rings. The molecule has 0 saturated carbocycles. The van der Waals surface area contributed by atoms with Crippen molar-refractivity contribution in [2.45, 2.75) is 58.2 Å². The highest BCUT2D eigenvalue weighted by Gasteiger charge is 2.16. The van der Waals surface area contributed by atoms with Crippen molar-refractivity contribution in [1.29, 1.82) is 0 Å². The lowest BCUT2D eigenvalue weighted by molar-refractivity contribution is -0.145. The van der Waals surface area contributed by atoms with Crippen LogP contribution in [0, 0.1) is 6.92 Å². The smallest absolute Gasteiger partial charge is 0.308 e. The molecule has 136 valence electrons. The van der Waals surface area contributed by atoms with Crippen LogP contribution in [0.2, 0.25) is 0 Å². The van der Waals surface area contributed by atoms with Crippen molar-refractivity contribution in [3.05, 3.63) is 47.5 Å². The fourth-order valence-electron chi connectivity index (χ4n) is 3.22. The van der Waals surface area contributed by atoms with E-state index in [0.717, 1.165) is 12.8 Å². The molecule has 2 rings (SSSR count). The Morgan fingerprint density at radius 3 is 2.64 bits per heavy atom. The van der Waals surface area contributed by atoms with E-state index in [1.54, 1.807) is 6.92 Å². The van der Waals surface area contributed by atoms with E-state index in [-0.39, 0.29) is 12.8 Å². The third-order valence-corrected chi connectivity index (χ3v) is 4.49. The highest BCUT2D eigenvalue weighted by atomic mass is 16.5. The van der Waals surface area contributed by atoms with E-state index >= 15 is 0 Å². The fraction of sp³-hybridized carbons (Fsp3) is 0.476. The molecular formula is C21H28O4. The molecule has 2 atom stereocenters. The number of rotatable bonds is 9. The van der Waals surface area contributed by atoms with Crippen LogP contribution in [0.3, 0.4) is 0 Å². The van der Waals surface area contributed by atoms with Gasteiger partial charge in [0.1, 0.15) is 0 Å². The molecule has 0 aliphatic rings. The topological polar surface area (TPSA) is 66.8 Å². The van der Waals surface area contributed by atoms with Crippen molar-refractivity contribution in [3.63, 3.8) is 0 Å². The van der Waals surface area contributed by atoms with E-state index in [4.69, 9.17) is 4.74 Å². The van der Waals surface area contributed by atoms with Crippen LogP contribution in [0.4, 0.5) is 0 Å². The van der Waals surface area contributed by atoms with Gasteiger partial charge in [0, 0.05) is 0 Å². The van der Waals surface area contributed by atoms with Gasteiger partial charge in [0.05, 0.1) is 25.2 Å². The number of aliphatic hydroxyl groups is 2. The molecule has 0 radical (unpaired) electrons. The third kappa shape index (κ3) is 5.83. The molecule has 25 heavy (non-hydrogen) atoms. The molecule has 4 nitrogen and oxygen atoms in total. The summed E-state index contributed by atoms with van der Waals surface area (Å²) in [5.41, 5.74) is 2.58. The molecule has 2 unspecified atom stereocenters. The molecule has 4 heteroatoms. The standard InChI is InChI=1S/C21H28O4/c1-3-25-21(24)14-18(23)13-17(22)8-6-10-19-15(2)11-12-16-7-4-5-9-20(16)19/h4-5,7,9,11-12,17-18,22-23H,3,6,8,10,13-14H2,1-2H3. The molecule has 0 amide bonds. The lowest BCUT2D eigenvalue weighted by Gasteiger charge is -2.16. The van der Waals surface area contributed by atoms with Crippen LogP contribution < -0.4 is 0 Å². The molecule has 0 fully saturated rings. The average molecular weight is 344 g/mol. The van der Waals surface area contributed by atoms with Crippen molar-refractivity contribution in [3.8, 4) is 0 Å². The van der Waals surface area contributed by atoms with E-state index in [9.17, 15) is 15.0 Å². The Kier molecular flexibility index (Phi) is 7.41. The van der Waals surface area contributed by atoms with Crippen LogP contribution in [0.5, 0.6) is 0 Å². The van der Waals surface area contributed by atoms with Crippen LogP contribution >= 0.6 is 0 Å². The number of aliphatic hydroxyl groups excluding tert-OH is 2. The first-order valence-electron chi connectivity index (χ1n) is 9.00. The maximum atomic E-state index is 11.3. The Balaban J connectivity index is 1.84. The van der Waals surface area contributed by atoms with E-state index in [1.165, 1.54) is 21.9 Å². The van der Waals surface area contributed by atoms with E-state index in [0.29, 0.717) is 13.0 Å². The molecule has 2 N–H and O–H groups in total. The average Bonchev–Trinajstić information content (AvgIpc) is 2.56. The second-order valence-electron chi connectivity index (χ2n) is 6.53. The Morgan fingerprint density at radius 2 is 1.88 bits per heavy atom. The van der Waals surface area contributed by atoms with E-state index < -0.39 is 18.2 Å². The second-order valence-corrected chi connectivity index (χ2v) is 6.53. The van der Waals surface area contributed by atoms with Crippen molar-refractivity contribution in [2.75, 3.05) is 6.61 Å². The van der Waals surface area contributed by atoms with Crippen molar-refractivity contribution in [2.24, 2.45) is 0 Å². The van der Waals surface area contributed by atoms with Gasteiger partial charge in [-0.15, -0.1) is 0 Å². The largest absolute Gasteiger partial charge is 0.466 e. The summed E-state index contributed by atoms with van der Waals surface area (Å²) in [6.07, 6.45) is 0.997. The number of hydrogen-bond donors (Lipinski definition) is 2. The summed E-state index contributed by atoms with van der Waals surface area (Å²) in [4.78, 5) is 11.3. The predicted molar refractivity (Wildman–Crippen MR) is 99.5 cm³/mol. The van der Waals surface area contributed by atoms with E-state index in [2.05, 4.69) is 31.2 Å². The summed E-state index contributed by atoms with van der Waals surface area (Å²) in [5.74, 6) is -0.423. The zero-order valence-electron chi connectivity index (χ0n) is 15.1. The SMILES string of the molecule is CCOC(=O)CC(O)CC(O)CCCc1c(C)ccc2ccccc12. The lowest BCUT2D eigenvalue weighted by Crippen LogP contribution is -2.22. The monoisotopic (exact) mass is 344 g/mol. The molecule has 0 aliphatic heterocycles. The number of fused-ring (bicyclic) bond motifs is 1. The summed E-state index contributed by atoms with van der Waals surface area (Å²) in [6.45, 7) is 4.15. The van der Waals surface area contributed by atoms with Gasteiger partial charge in [0.15, 0.2) is 0 Å². The normalized spacial score (nSPS) is 13.6. The lowest BCUT2D eigenvalue weighted by atomic mass is 9.94. The highest BCUT2D eigenvalue weighted by molar-refractivity contribution is 5.86. The number of carbonyl (C=O) groups excluding carboxylic acids is 1. The first-order valence-corrected chi connectivity index (χ1v) is 9.00. The van der Waals surface area contributed by atoms with Gasteiger partial charge in [-0.3, -0.25) is 4.79 Å². The van der Waals surface area contributed by atoms with Crippen LogP contribution in [-0.2, 0) is 16.0 Å². The van der Waals surface area contributed by atoms with Crippen molar-refractivity contribution < 1.29 is 19.7 Å². The quantitative estimate of drug-likeness (QED) is 0.683. The Morgan fingerprint density at radius 1 is 1.12 bits per heavy atom. The van der Waals surface area contributed by atoms with Crippen LogP contribution in [0.15, 0.2) is 36.4 Å². The van der Waals surface area contributed by atoms with Gasteiger partial charge < -0.3 is 14.9 Å². The zero-order valence-corrected chi connectivity index (χ0v) is 15.1. The number of benzene rings is 2. The van der Waals surface area contributed by atoms with Gasteiger partial charge in [-0.2, -0.15) is 0 Å². The predicted octanol–water partition coefficient (Wildman–Crippen LogP) is 3.54. The second kappa shape index (κ2) is 9.54. The minimum Gasteiger partial charge on any atom is -0.466 e. The summed E-state index contributed by atoms with van der Waals surface area (Å²) in [7, 11) is 0. The molecule has 0 saturated heterocycles. The van der Waals surface area contributed by atoms with Gasteiger partial charge in [-0.25, -0.2) is 0 Å². The number of ether oxygens (including phenoxy) is 1. The molecule has 0 aromatic heterocycles. The van der Waals surface area contributed by atoms with Crippen LogP contribution in [0.25, 0.3) is 10.8 Å². The van der Waals surface area contributed by atoms with Gasteiger partial charge >= 0.3 is 5.97 Å². The minimum absolute atomic E-state index is 0.0622. The van der Waals surface area contributed by atoms with E-state index in [1.807, 2.05) is 12.1 Å². The highest BCUT2D eigenvalue weighted by Crippen LogP contribution is 2.24. The fourth-order valence-corrected chi connectivity index (χ4v) is 3.22. The van der Waals surface area contributed by atoms with Crippen LogP contribution in [-0.4, -0.2) is 35.0 Å².